The van der Waals surface area contributed by atoms with E-state index in [1.807, 2.05) is 0 Å². The van der Waals surface area contributed by atoms with Crippen molar-refractivity contribution in [2.45, 2.75) is 20.5 Å². The number of barbiturate groups is 1. The van der Waals surface area contributed by atoms with Crippen LogP contribution in [-0.4, -0.2) is 36.0 Å². The number of nitrogens with one attached hydrogen (secondary N) is 1. The van der Waals surface area contributed by atoms with E-state index in [0.717, 1.165) is 10.5 Å². The van der Waals surface area contributed by atoms with Crippen LogP contribution in [0.25, 0.3) is 6.08 Å². The number of carbonyl (C=O) groups is 3. The zero-order chi connectivity index (χ0) is 29.7. The van der Waals surface area contributed by atoms with Crippen LogP contribution in [-0.2, 0) is 16.2 Å². The van der Waals surface area contributed by atoms with E-state index >= 15 is 0 Å². The van der Waals surface area contributed by atoms with Gasteiger partial charge in [0.25, 0.3) is 17.5 Å². The second-order valence-electron chi connectivity index (χ2n) is 8.48. The molecule has 0 unspecified atom stereocenters. The van der Waals surface area contributed by atoms with Crippen LogP contribution in [0.5, 0.6) is 17.2 Å². The molecule has 11 nitrogen and oxygen atoms in total. The Labute approximate surface area is 256 Å². The number of halogens is 2. The predicted octanol–water partition coefficient (Wildman–Crippen LogP) is 6.00. The number of rotatable bonds is 10. The van der Waals surface area contributed by atoms with Crippen LogP contribution in [0.15, 0.2) is 64.6 Å². The van der Waals surface area contributed by atoms with E-state index in [0.29, 0.717) is 31.7 Å². The summed E-state index contributed by atoms with van der Waals surface area (Å²) in [6.07, 6.45) is 1.39. The molecule has 0 radical (unpaired) electrons. The number of amides is 4. The van der Waals surface area contributed by atoms with E-state index in [4.69, 9.17) is 14.2 Å². The number of imide groups is 2. The van der Waals surface area contributed by atoms with Crippen molar-refractivity contribution in [1.82, 2.24) is 5.32 Å². The minimum absolute atomic E-state index is 0.0143. The summed E-state index contributed by atoms with van der Waals surface area (Å²) in [5.41, 5.74) is 1.11. The van der Waals surface area contributed by atoms with Gasteiger partial charge < -0.3 is 14.2 Å². The van der Waals surface area contributed by atoms with Crippen LogP contribution >= 0.6 is 38.5 Å². The molecule has 0 bridgehead atoms. The Hall–Kier alpha value is -3.98. The van der Waals surface area contributed by atoms with Crippen molar-refractivity contribution >= 4 is 73.8 Å². The Morgan fingerprint density at radius 3 is 2.34 bits per heavy atom. The Bertz CT molecular complexity index is 1540. The molecule has 1 fully saturated rings. The fourth-order valence-electron chi connectivity index (χ4n) is 3.92. The minimum Gasteiger partial charge on any atom is -0.494 e. The summed E-state index contributed by atoms with van der Waals surface area (Å²) >= 11 is 5.54. The van der Waals surface area contributed by atoms with Crippen LogP contribution in [0.1, 0.15) is 25.0 Å². The molecule has 3 aromatic rings. The lowest BCUT2D eigenvalue weighted by atomic mass is 10.1. The summed E-state index contributed by atoms with van der Waals surface area (Å²) in [5.74, 6) is -0.439. The standard InChI is InChI=1S/C28H23BrIN3O8/c1-3-39-19-9-10-24(40-4-2)23(14-19)32-27(35)20(26(34)31-28(32)36)11-17-12-21(29)25(22(30)13-17)41-15-16-5-7-18(8-6-16)33(37)38/h5-14H,3-4,15H2,1-2H3,(H,31,34,36)/b20-11+. The van der Waals surface area contributed by atoms with E-state index in [1.54, 1.807) is 50.2 Å². The maximum atomic E-state index is 13.5. The monoisotopic (exact) mass is 735 g/mol. The molecule has 1 aliphatic rings. The molecule has 1 saturated heterocycles. The number of nitro groups is 1. The lowest BCUT2D eigenvalue weighted by Gasteiger charge is -2.28. The number of non-ortho nitro benzene ring substituents is 1. The Morgan fingerprint density at radius 1 is 1.00 bits per heavy atom. The van der Waals surface area contributed by atoms with Gasteiger partial charge in [-0.1, -0.05) is 0 Å². The summed E-state index contributed by atoms with van der Waals surface area (Å²) in [7, 11) is 0. The van der Waals surface area contributed by atoms with Crippen molar-refractivity contribution in [3.63, 3.8) is 0 Å². The Kier molecular flexibility index (Phi) is 9.60. The molecule has 0 aliphatic carbocycles. The molecule has 13 heteroatoms. The molecular weight excluding hydrogens is 713 g/mol. The maximum Gasteiger partial charge on any atom is 0.336 e. The van der Waals surface area contributed by atoms with Gasteiger partial charge in [-0.3, -0.25) is 25.0 Å². The average Bonchev–Trinajstić information content (AvgIpc) is 2.92. The molecule has 3 aromatic carbocycles. The highest BCUT2D eigenvalue weighted by Crippen LogP contribution is 2.36. The SMILES string of the molecule is CCOc1ccc(OCC)c(N2C(=O)NC(=O)/C(=C\c3cc(Br)c(OCc4ccc([N+](=O)[O-])cc4)c(I)c3)C2=O)c1. The molecule has 41 heavy (non-hydrogen) atoms. The number of anilines is 1. The largest absolute Gasteiger partial charge is 0.494 e. The van der Waals surface area contributed by atoms with Gasteiger partial charge in [0.2, 0.25) is 0 Å². The van der Waals surface area contributed by atoms with Crippen molar-refractivity contribution in [2.75, 3.05) is 18.1 Å². The first-order chi connectivity index (χ1) is 19.6. The van der Waals surface area contributed by atoms with E-state index in [-0.39, 0.29) is 35.9 Å². The number of carbonyl (C=O) groups excluding carboxylic acids is 3. The quantitative estimate of drug-likeness (QED) is 0.0880. The van der Waals surface area contributed by atoms with Gasteiger partial charge in [0.15, 0.2) is 0 Å². The molecule has 1 heterocycles. The highest BCUT2D eigenvalue weighted by atomic mass is 127. The highest BCUT2D eigenvalue weighted by molar-refractivity contribution is 14.1. The van der Waals surface area contributed by atoms with Gasteiger partial charge >= 0.3 is 6.03 Å². The van der Waals surface area contributed by atoms with Crippen molar-refractivity contribution in [3.05, 3.63) is 89.5 Å². The predicted molar refractivity (Wildman–Crippen MR) is 162 cm³/mol. The van der Waals surface area contributed by atoms with Crippen LogP contribution in [0.2, 0.25) is 0 Å². The average molecular weight is 736 g/mol. The summed E-state index contributed by atoms with van der Waals surface area (Å²) in [6.45, 7) is 4.40. The zero-order valence-corrected chi connectivity index (χ0v) is 25.6. The number of ether oxygens (including phenoxy) is 3. The van der Waals surface area contributed by atoms with Crippen molar-refractivity contribution in [2.24, 2.45) is 0 Å². The third kappa shape index (κ3) is 6.85. The lowest BCUT2D eigenvalue weighted by Crippen LogP contribution is -2.54. The van der Waals surface area contributed by atoms with E-state index in [9.17, 15) is 24.5 Å². The second kappa shape index (κ2) is 13.1. The van der Waals surface area contributed by atoms with Crippen LogP contribution < -0.4 is 24.4 Å². The van der Waals surface area contributed by atoms with Crippen molar-refractivity contribution < 1.29 is 33.5 Å². The summed E-state index contributed by atoms with van der Waals surface area (Å²) in [5, 5.41) is 13.1. The maximum absolute atomic E-state index is 13.5. The third-order valence-electron chi connectivity index (χ3n) is 5.75. The molecule has 0 aromatic heterocycles. The third-order valence-corrected chi connectivity index (χ3v) is 7.14. The molecule has 212 valence electrons. The van der Waals surface area contributed by atoms with Gasteiger partial charge in [-0.15, -0.1) is 0 Å². The first-order valence-corrected chi connectivity index (χ1v) is 14.2. The highest BCUT2D eigenvalue weighted by Gasteiger charge is 2.38. The lowest BCUT2D eigenvalue weighted by molar-refractivity contribution is -0.384. The normalized spacial score (nSPS) is 14.2. The van der Waals surface area contributed by atoms with Crippen molar-refractivity contribution in [3.8, 4) is 17.2 Å². The van der Waals surface area contributed by atoms with Gasteiger partial charge in [-0.25, -0.2) is 9.69 Å². The van der Waals surface area contributed by atoms with Gasteiger partial charge in [-0.05, 0) is 106 Å². The molecule has 4 amide bonds. The molecule has 0 atom stereocenters. The van der Waals surface area contributed by atoms with Gasteiger partial charge in [0.1, 0.15) is 29.4 Å². The van der Waals surface area contributed by atoms with Gasteiger partial charge in [0, 0.05) is 18.2 Å². The summed E-state index contributed by atoms with van der Waals surface area (Å²) < 4.78 is 18.3. The van der Waals surface area contributed by atoms with E-state index < -0.39 is 22.8 Å². The minimum atomic E-state index is -0.905. The van der Waals surface area contributed by atoms with Crippen LogP contribution in [0.4, 0.5) is 16.2 Å². The number of nitro benzene ring substituents is 1. The first-order valence-electron chi connectivity index (χ1n) is 12.3. The van der Waals surface area contributed by atoms with Crippen molar-refractivity contribution in [1.29, 1.82) is 0 Å². The number of hydrogen-bond acceptors (Lipinski definition) is 8. The molecule has 1 aliphatic heterocycles. The number of urea groups is 1. The van der Waals surface area contributed by atoms with Gasteiger partial charge in [0.05, 0.1) is 31.9 Å². The van der Waals surface area contributed by atoms with Gasteiger partial charge in [-0.2, -0.15) is 0 Å². The smallest absolute Gasteiger partial charge is 0.336 e. The Balaban J connectivity index is 1.62. The molecule has 0 spiro atoms. The van der Waals surface area contributed by atoms with Crippen LogP contribution in [0.3, 0.4) is 0 Å². The number of benzene rings is 3. The van der Waals surface area contributed by atoms with E-state index in [1.165, 1.54) is 24.3 Å². The van der Waals surface area contributed by atoms with Crippen LogP contribution in [0, 0.1) is 13.7 Å². The van der Waals surface area contributed by atoms with E-state index in [2.05, 4.69) is 43.8 Å². The summed E-state index contributed by atoms with van der Waals surface area (Å²) in [6, 6.07) is 13.3. The summed E-state index contributed by atoms with van der Waals surface area (Å²) in [4.78, 5) is 50.4. The second-order valence-corrected chi connectivity index (χ2v) is 10.5. The number of hydrogen-bond donors (Lipinski definition) is 1. The number of nitrogens with zero attached hydrogens (tertiary/aromatic N) is 2. The molecule has 4 rings (SSSR count). The Morgan fingerprint density at radius 2 is 1.71 bits per heavy atom. The topological polar surface area (TPSA) is 137 Å². The molecule has 0 saturated carbocycles. The fourth-order valence-corrected chi connectivity index (χ4v) is 5.69. The zero-order valence-electron chi connectivity index (χ0n) is 21.8. The first kappa shape index (κ1) is 30.0. The molecular formula is C28H23BrIN3O8. The molecule has 1 N–H and O–H groups in total. The fraction of sp³-hybridized carbons (Fsp3) is 0.179.